The van der Waals surface area contributed by atoms with Crippen LogP contribution in [0.25, 0.3) is 0 Å². The average Bonchev–Trinajstić information content (AvgIpc) is 2.41. The Hall–Kier alpha value is -1.56. The van der Waals surface area contributed by atoms with Crippen molar-refractivity contribution in [3.05, 3.63) is 69.5 Å². The van der Waals surface area contributed by atoms with E-state index in [1.807, 2.05) is 0 Å². The van der Waals surface area contributed by atoms with Crippen molar-refractivity contribution in [2.24, 2.45) is 0 Å². The topological polar surface area (TPSA) is 23.8 Å². The minimum absolute atomic E-state index is 0.367. The van der Waals surface area contributed by atoms with Crippen molar-refractivity contribution in [3.8, 4) is 6.07 Å². The van der Waals surface area contributed by atoms with Crippen molar-refractivity contribution in [1.82, 2.24) is 0 Å². The zero-order valence-electron chi connectivity index (χ0n) is 9.91. The molecule has 0 bridgehead atoms. The number of hydrogen-bond acceptors (Lipinski definition) is 1. The van der Waals surface area contributed by atoms with Gasteiger partial charge in [-0.2, -0.15) is 5.26 Å². The lowest BCUT2D eigenvalue weighted by molar-refractivity contribution is 0.600. The van der Waals surface area contributed by atoms with E-state index < -0.39 is 5.92 Å². The molecule has 0 saturated carbocycles. The maximum atomic E-state index is 13.7. The first-order chi connectivity index (χ1) is 9.11. The van der Waals surface area contributed by atoms with Gasteiger partial charge in [-0.15, -0.1) is 0 Å². The van der Waals surface area contributed by atoms with Crippen LogP contribution in [-0.2, 0) is 6.42 Å². The first kappa shape index (κ1) is 13.9. The van der Waals surface area contributed by atoms with Gasteiger partial charge >= 0.3 is 0 Å². The first-order valence-corrected chi connectivity index (χ1v) is 6.45. The molecule has 2 rings (SSSR count). The lowest BCUT2D eigenvalue weighted by atomic mass is 9.93. The molecular formula is C15H10Cl2FN. The van der Waals surface area contributed by atoms with Crippen LogP contribution in [0.1, 0.15) is 17.0 Å². The molecule has 0 aliphatic heterocycles. The van der Waals surface area contributed by atoms with E-state index in [-0.39, 0.29) is 5.82 Å². The predicted octanol–water partition coefficient (Wildman–Crippen LogP) is 4.98. The van der Waals surface area contributed by atoms with Crippen molar-refractivity contribution < 1.29 is 4.39 Å². The molecular weight excluding hydrogens is 284 g/mol. The smallest absolute Gasteiger partial charge is 0.127 e. The number of rotatable bonds is 3. The van der Waals surface area contributed by atoms with E-state index in [1.165, 1.54) is 6.07 Å². The molecule has 0 radical (unpaired) electrons. The second-order valence-corrected chi connectivity index (χ2v) is 4.97. The minimum atomic E-state index is -0.543. The van der Waals surface area contributed by atoms with E-state index in [4.69, 9.17) is 23.2 Å². The SMILES string of the molecule is N#CC(Cc1ccc(Cl)c(Cl)c1)c1ccccc1F. The van der Waals surface area contributed by atoms with Crippen molar-refractivity contribution in [2.75, 3.05) is 0 Å². The van der Waals surface area contributed by atoms with Gasteiger partial charge in [-0.3, -0.25) is 0 Å². The minimum Gasteiger partial charge on any atom is -0.207 e. The summed E-state index contributed by atoms with van der Waals surface area (Å²) in [5.74, 6) is -0.910. The van der Waals surface area contributed by atoms with Crippen molar-refractivity contribution in [1.29, 1.82) is 5.26 Å². The first-order valence-electron chi connectivity index (χ1n) is 5.70. The van der Waals surface area contributed by atoms with Crippen LogP contribution in [0, 0.1) is 17.1 Å². The van der Waals surface area contributed by atoms with Crippen molar-refractivity contribution >= 4 is 23.2 Å². The van der Waals surface area contributed by atoms with Gasteiger partial charge in [0.05, 0.1) is 22.0 Å². The van der Waals surface area contributed by atoms with Gasteiger partial charge in [0.25, 0.3) is 0 Å². The van der Waals surface area contributed by atoms with Crippen LogP contribution in [-0.4, -0.2) is 0 Å². The maximum Gasteiger partial charge on any atom is 0.127 e. The fraction of sp³-hybridized carbons (Fsp3) is 0.133. The molecule has 0 fully saturated rings. The van der Waals surface area contributed by atoms with Crippen LogP contribution < -0.4 is 0 Å². The molecule has 2 aromatic carbocycles. The third-order valence-electron chi connectivity index (χ3n) is 2.86. The number of benzene rings is 2. The Morgan fingerprint density at radius 1 is 1.11 bits per heavy atom. The van der Waals surface area contributed by atoms with Gasteiger partial charge in [0.15, 0.2) is 0 Å². The van der Waals surface area contributed by atoms with Crippen LogP contribution in [0.2, 0.25) is 10.0 Å². The van der Waals surface area contributed by atoms with Gasteiger partial charge in [0, 0.05) is 5.56 Å². The summed E-state index contributed by atoms with van der Waals surface area (Å²) >= 11 is 11.8. The molecule has 2 aromatic rings. The molecule has 0 amide bonds. The Kier molecular flexibility index (Phi) is 4.42. The molecule has 0 aromatic heterocycles. The maximum absolute atomic E-state index is 13.7. The Labute approximate surface area is 121 Å². The molecule has 0 aliphatic rings. The highest BCUT2D eigenvalue weighted by atomic mass is 35.5. The molecule has 0 saturated heterocycles. The Balaban J connectivity index is 2.27. The Morgan fingerprint density at radius 3 is 2.47 bits per heavy atom. The zero-order chi connectivity index (χ0) is 13.8. The number of nitrogens with zero attached hydrogens (tertiary/aromatic N) is 1. The fourth-order valence-corrected chi connectivity index (χ4v) is 2.21. The molecule has 0 N–H and O–H groups in total. The summed E-state index contributed by atoms with van der Waals surface area (Å²) in [4.78, 5) is 0. The largest absolute Gasteiger partial charge is 0.207 e. The lowest BCUT2D eigenvalue weighted by Gasteiger charge is -2.11. The number of nitriles is 1. The monoisotopic (exact) mass is 293 g/mol. The molecule has 0 spiro atoms. The molecule has 4 heteroatoms. The predicted molar refractivity (Wildman–Crippen MR) is 74.9 cm³/mol. The standard InChI is InChI=1S/C15H10Cl2FN/c16-13-6-5-10(8-14(13)17)7-11(9-19)12-3-1-2-4-15(12)18/h1-6,8,11H,7H2. The lowest BCUT2D eigenvalue weighted by Crippen LogP contribution is -2.03. The quantitative estimate of drug-likeness (QED) is 0.783. The van der Waals surface area contributed by atoms with Crippen molar-refractivity contribution in [3.63, 3.8) is 0 Å². The highest BCUT2D eigenvalue weighted by Crippen LogP contribution is 2.27. The van der Waals surface area contributed by atoms with Crippen LogP contribution in [0.4, 0.5) is 4.39 Å². The highest BCUT2D eigenvalue weighted by molar-refractivity contribution is 6.42. The third kappa shape index (κ3) is 3.26. The summed E-state index contributed by atoms with van der Waals surface area (Å²) in [6.07, 6.45) is 0.397. The van der Waals surface area contributed by atoms with Crippen LogP contribution in [0.3, 0.4) is 0 Å². The summed E-state index contributed by atoms with van der Waals surface area (Å²) in [7, 11) is 0. The van der Waals surface area contributed by atoms with Crippen LogP contribution in [0.5, 0.6) is 0 Å². The molecule has 96 valence electrons. The third-order valence-corrected chi connectivity index (χ3v) is 3.60. The number of halogens is 3. The van der Waals surface area contributed by atoms with Gasteiger partial charge in [0.1, 0.15) is 5.82 Å². The molecule has 0 aliphatic carbocycles. The Morgan fingerprint density at radius 2 is 1.84 bits per heavy atom. The zero-order valence-corrected chi connectivity index (χ0v) is 11.4. The van der Waals surface area contributed by atoms with E-state index in [9.17, 15) is 9.65 Å². The molecule has 1 unspecified atom stereocenters. The van der Waals surface area contributed by atoms with Crippen LogP contribution >= 0.6 is 23.2 Å². The normalized spacial score (nSPS) is 11.9. The average molecular weight is 294 g/mol. The van der Waals surface area contributed by atoms with Gasteiger partial charge in [-0.05, 0) is 30.2 Å². The molecule has 1 nitrogen and oxygen atoms in total. The molecule has 1 atom stereocenters. The second-order valence-electron chi connectivity index (χ2n) is 4.16. The summed E-state index contributed by atoms with van der Waals surface area (Å²) in [6.45, 7) is 0. The van der Waals surface area contributed by atoms with E-state index in [1.54, 1.807) is 36.4 Å². The highest BCUT2D eigenvalue weighted by Gasteiger charge is 2.15. The van der Waals surface area contributed by atoms with E-state index in [2.05, 4.69) is 6.07 Å². The number of hydrogen-bond donors (Lipinski definition) is 0. The molecule has 0 heterocycles. The summed E-state index contributed by atoms with van der Waals surface area (Å²) in [5, 5.41) is 10.1. The van der Waals surface area contributed by atoms with Crippen LogP contribution in [0.15, 0.2) is 42.5 Å². The van der Waals surface area contributed by atoms with E-state index in [0.29, 0.717) is 22.0 Å². The van der Waals surface area contributed by atoms with Gasteiger partial charge in [-0.25, -0.2) is 4.39 Å². The van der Waals surface area contributed by atoms with E-state index >= 15 is 0 Å². The Bertz CT molecular complexity index is 634. The van der Waals surface area contributed by atoms with Gasteiger partial charge in [-0.1, -0.05) is 47.5 Å². The van der Waals surface area contributed by atoms with Gasteiger partial charge < -0.3 is 0 Å². The molecule has 19 heavy (non-hydrogen) atoms. The summed E-state index contributed by atoms with van der Waals surface area (Å²) < 4.78 is 13.7. The van der Waals surface area contributed by atoms with E-state index in [0.717, 1.165) is 5.56 Å². The van der Waals surface area contributed by atoms with Crippen molar-refractivity contribution in [2.45, 2.75) is 12.3 Å². The summed E-state index contributed by atoms with van der Waals surface area (Å²) in [5.41, 5.74) is 1.25. The summed E-state index contributed by atoms with van der Waals surface area (Å²) in [6, 6.07) is 13.6. The second kappa shape index (κ2) is 6.06. The fourth-order valence-electron chi connectivity index (χ4n) is 1.89. The van der Waals surface area contributed by atoms with Gasteiger partial charge in [0.2, 0.25) is 0 Å².